The number of aromatic nitrogens is 1. The van der Waals surface area contributed by atoms with E-state index in [1.54, 1.807) is 13.2 Å². The van der Waals surface area contributed by atoms with Gasteiger partial charge in [0.05, 0.1) is 19.0 Å². The van der Waals surface area contributed by atoms with Crippen molar-refractivity contribution in [2.75, 3.05) is 20.2 Å². The number of piperidine rings is 1. The Labute approximate surface area is 125 Å². The Balaban J connectivity index is 1.81. The second kappa shape index (κ2) is 6.59. The number of methoxy groups -OCH3 is 1. The average molecular weight is 283 g/mol. The molecule has 4 heteroatoms. The summed E-state index contributed by atoms with van der Waals surface area (Å²) in [6.07, 6.45) is 5.21. The average Bonchev–Trinajstić information content (AvgIpc) is 2.56. The predicted molar refractivity (Wildman–Crippen MR) is 81.6 cm³/mol. The number of rotatable bonds is 4. The number of nitrogens with zero attached hydrogens (tertiary/aromatic N) is 1. The lowest BCUT2D eigenvalue weighted by atomic mass is 10.1. The van der Waals surface area contributed by atoms with Crippen molar-refractivity contribution in [3.63, 3.8) is 0 Å². The van der Waals surface area contributed by atoms with E-state index in [4.69, 9.17) is 9.47 Å². The van der Waals surface area contributed by atoms with E-state index >= 15 is 0 Å². The fraction of sp³-hybridized carbons (Fsp3) is 0.353. The minimum Gasteiger partial charge on any atom is -0.496 e. The van der Waals surface area contributed by atoms with Gasteiger partial charge in [-0.15, -0.1) is 0 Å². The Morgan fingerprint density at radius 2 is 2.10 bits per heavy atom. The maximum absolute atomic E-state index is 6.04. The molecule has 0 aliphatic carbocycles. The molecule has 0 atom stereocenters. The summed E-state index contributed by atoms with van der Waals surface area (Å²) in [5, 5.41) is 3.34. The molecule has 1 aromatic heterocycles. The van der Waals surface area contributed by atoms with E-state index in [0.717, 1.165) is 48.7 Å². The molecule has 1 aromatic carbocycles. The summed E-state index contributed by atoms with van der Waals surface area (Å²) in [6.45, 7) is 2.04. The molecule has 4 nitrogen and oxygen atoms in total. The molecule has 0 amide bonds. The Bertz CT molecular complexity index is 581. The molecule has 0 bridgehead atoms. The highest BCUT2D eigenvalue weighted by atomic mass is 16.5. The van der Waals surface area contributed by atoms with Crippen LogP contribution in [0.5, 0.6) is 11.5 Å². The molecule has 1 fully saturated rings. The van der Waals surface area contributed by atoms with E-state index in [2.05, 4.69) is 16.5 Å². The van der Waals surface area contributed by atoms with Crippen LogP contribution in [0.3, 0.4) is 0 Å². The SMILES string of the molecule is COc1cc(OC2CCNCC2)ccc1-c1ccc[c]n1. The van der Waals surface area contributed by atoms with Crippen molar-refractivity contribution in [1.82, 2.24) is 10.3 Å². The first-order valence-electron chi connectivity index (χ1n) is 7.26. The third-order valence-electron chi connectivity index (χ3n) is 3.65. The lowest BCUT2D eigenvalue weighted by Gasteiger charge is -2.24. The van der Waals surface area contributed by atoms with Crippen molar-refractivity contribution in [3.8, 4) is 22.8 Å². The summed E-state index contributed by atoms with van der Waals surface area (Å²) in [5.74, 6) is 1.62. The van der Waals surface area contributed by atoms with Crippen LogP contribution < -0.4 is 14.8 Å². The lowest BCUT2D eigenvalue weighted by molar-refractivity contribution is 0.162. The van der Waals surface area contributed by atoms with Crippen molar-refractivity contribution in [2.45, 2.75) is 18.9 Å². The van der Waals surface area contributed by atoms with Crippen LogP contribution in [0.4, 0.5) is 0 Å². The third-order valence-corrected chi connectivity index (χ3v) is 3.65. The highest BCUT2D eigenvalue weighted by Crippen LogP contribution is 2.32. The lowest BCUT2D eigenvalue weighted by Crippen LogP contribution is -2.34. The second-order valence-corrected chi connectivity index (χ2v) is 5.08. The molecule has 3 rings (SSSR count). The summed E-state index contributed by atoms with van der Waals surface area (Å²) < 4.78 is 11.5. The molecular weight excluding hydrogens is 264 g/mol. The maximum atomic E-state index is 6.04. The fourth-order valence-electron chi connectivity index (χ4n) is 2.54. The van der Waals surface area contributed by atoms with Crippen LogP contribution in [0.25, 0.3) is 11.3 Å². The zero-order chi connectivity index (χ0) is 14.5. The van der Waals surface area contributed by atoms with Crippen LogP contribution in [-0.2, 0) is 0 Å². The van der Waals surface area contributed by atoms with Crippen molar-refractivity contribution in [3.05, 3.63) is 42.6 Å². The molecule has 1 aliphatic heterocycles. The Morgan fingerprint density at radius 1 is 1.24 bits per heavy atom. The van der Waals surface area contributed by atoms with Gasteiger partial charge in [-0.2, -0.15) is 0 Å². The van der Waals surface area contributed by atoms with E-state index in [-0.39, 0.29) is 6.10 Å². The summed E-state index contributed by atoms with van der Waals surface area (Å²) in [5.41, 5.74) is 1.80. The van der Waals surface area contributed by atoms with Gasteiger partial charge in [-0.25, -0.2) is 4.98 Å². The van der Waals surface area contributed by atoms with E-state index < -0.39 is 0 Å². The van der Waals surface area contributed by atoms with Crippen LogP contribution >= 0.6 is 0 Å². The first kappa shape index (κ1) is 13.9. The van der Waals surface area contributed by atoms with Gasteiger partial charge in [-0.05, 0) is 50.2 Å². The molecule has 1 saturated heterocycles. The van der Waals surface area contributed by atoms with Crippen molar-refractivity contribution in [2.24, 2.45) is 0 Å². The molecule has 1 aliphatic rings. The van der Waals surface area contributed by atoms with Gasteiger partial charge in [0.1, 0.15) is 17.6 Å². The zero-order valence-electron chi connectivity index (χ0n) is 12.1. The fourth-order valence-corrected chi connectivity index (χ4v) is 2.54. The quantitative estimate of drug-likeness (QED) is 0.937. The van der Waals surface area contributed by atoms with Crippen molar-refractivity contribution < 1.29 is 9.47 Å². The summed E-state index contributed by atoms with van der Waals surface area (Å²) in [7, 11) is 1.67. The van der Waals surface area contributed by atoms with Crippen LogP contribution in [0.1, 0.15) is 12.8 Å². The molecule has 2 aromatic rings. The van der Waals surface area contributed by atoms with Gasteiger partial charge in [-0.3, -0.25) is 0 Å². The Kier molecular flexibility index (Phi) is 4.36. The van der Waals surface area contributed by atoms with E-state index in [1.807, 2.05) is 30.3 Å². The summed E-state index contributed by atoms with van der Waals surface area (Å²) in [4.78, 5) is 4.25. The number of pyridine rings is 1. The topological polar surface area (TPSA) is 43.4 Å². The molecule has 21 heavy (non-hydrogen) atoms. The number of hydrogen-bond donors (Lipinski definition) is 1. The third kappa shape index (κ3) is 3.34. The number of hydrogen-bond acceptors (Lipinski definition) is 4. The molecule has 1 radical (unpaired) electrons. The molecule has 0 spiro atoms. The van der Waals surface area contributed by atoms with Crippen molar-refractivity contribution >= 4 is 0 Å². The highest BCUT2D eigenvalue weighted by molar-refractivity contribution is 5.68. The van der Waals surface area contributed by atoms with Gasteiger partial charge >= 0.3 is 0 Å². The molecule has 0 saturated carbocycles. The normalized spacial score (nSPS) is 15.7. The molecule has 2 heterocycles. The first-order valence-corrected chi connectivity index (χ1v) is 7.26. The van der Waals surface area contributed by atoms with E-state index in [0.29, 0.717) is 0 Å². The van der Waals surface area contributed by atoms with Crippen molar-refractivity contribution in [1.29, 1.82) is 0 Å². The first-order chi connectivity index (χ1) is 10.4. The Hall–Kier alpha value is -2.07. The Morgan fingerprint density at radius 3 is 2.81 bits per heavy atom. The monoisotopic (exact) mass is 283 g/mol. The maximum Gasteiger partial charge on any atom is 0.131 e. The van der Waals surface area contributed by atoms with E-state index in [1.165, 1.54) is 0 Å². The minimum atomic E-state index is 0.282. The van der Waals surface area contributed by atoms with Gasteiger partial charge < -0.3 is 14.8 Å². The molecule has 109 valence electrons. The van der Waals surface area contributed by atoms with Gasteiger partial charge in [0.25, 0.3) is 0 Å². The van der Waals surface area contributed by atoms with Crippen LogP contribution in [0.15, 0.2) is 36.4 Å². The largest absolute Gasteiger partial charge is 0.496 e. The highest BCUT2D eigenvalue weighted by Gasteiger charge is 2.16. The molecule has 0 unspecified atom stereocenters. The standard InChI is InChI=1S/C17H19N2O2/c1-20-17-12-14(21-13-7-10-18-11-8-13)5-6-15(17)16-4-2-3-9-19-16/h2-6,12-13,18H,7-8,10-11H2,1H3. The minimum absolute atomic E-state index is 0.282. The van der Waals surface area contributed by atoms with E-state index in [9.17, 15) is 0 Å². The van der Waals surface area contributed by atoms with Gasteiger partial charge in [0.2, 0.25) is 0 Å². The predicted octanol–water partition coefficient (Wildman–Crippen LogP) is 2.69. The second-order valence-electron chi connectivity index (χ2n) is 5.08. The summed E-state index contributed by atoms with van der Waals surface area (Å²) in [6, 6.07) is 11.6. The van der Waals surface area contributed by atoms with Gasteiger partial charge in [-0.1, -0.05) is 6.07 Å². The zero-order valence-corrected chi connectivity index (χ0v) is 12.1. The van der Waals surface area contributed by atoms with Crippen LogP contribution in [-0.4, -0.2) is 31.3 Å². The number of nitrogens with one attached hydrogen (secondary N) is 1. The smallest absolute Gasteiger partial charge is 0.131 e. The number of ether oxygens (including phenoxy) is 2. The van der Waals surface area contributed by atoms with Crippen LogP contribution in [0, 0.1) is 6.20 Å². The van der Waals surface area contributed by atoms with Gasteiger partial charge in [0.15, 0.2) is 0 Å². The summed E-state index contributed by atoms with van der Waals surface area (Å²) >= 11 is 0. The molecular formula is C17H19N2O2. The number of benzene rings is 1. The molecule has 1 N–H and O–H groups in total. The van der Waals surface area contributed by atoms with Gasteiger partial charge in [0, 0.05) is 11.6 Å². The van der Waals surface area contributed by atoms with Crippen LogP contribution in [0.2, 0.25) is 0 Å².